The molecule has 27 heavy (non-hydrogen) atoms. The van der Waals surface area contributed by atoms with Crippen LogP contribution in [0.4, 0.5) is 26.3 Å². The first-order valence-electron chi connectivity index (χ1n) is 9.45. The Morgan fingerprint density at radius 2 is 1.52 bits per heavy atom. The van der Waals surface area contributed by atoms with Crippen LogP contribution in [-0.2, 0) is 14.2 Å². The monoisotopic (exact) mass is 402 g/mol. The minimum atomic E-state index is -5.58. The van der Waals surface area contributed by atoms with Crippen molar-refractivity contribution in [3.8, 4) is 0 Å². The normalized spacial score (nSPS) is 41.2. The molecule has 1 saturated heterocycles. The van der Waals surface area contributed by atoms with Crippen LogP contribution in [0, 0.1) is 22.7 Å². The fourth-order valence-corrected chi connectivity index (χ4v) is 6.82. The number of rotatable bonds is 6. The molecule has 4 bridgehead atoms. The first-order valence-corrected chi connectivity index (χ1v) is 9.45. The Balaban J connectivity index is 1.81. The fourth-order valence-electron chi connectivity index (χ4n) is 6.82. The summed E-state index contributed by atoms with van der Waals surface area (Å²) in [5.41, 5.74) is -6.81. The van der Waals surface area contributed by atoms with Crippen LogP contribution in [0.25, 0.3) is 0 Å². The molecule has 3 unspecified atom stereocenters. The largest absolute Gasteiger partial charge is 0.427 e. The molecular formula is C18H24F6O3. The topological polar surface area (TPSA) is 31.0 Å². The first-order chi connectivity index (χ1) is 12.5. The van der Waals surface area contributed by atoms with E-state index in [0.717, 1.165) is 0 Å². The van der Waals surface area contributed by atoms with Crippen LogP contribution >= 0.6 is 0 Å². The third-order valence-corrected chi connectivity index (χ3v) is 7.23. The predicted molar refractivity (Wildman–Crippen MR) is 81.7 cm³/mol. The molecule has 5 fully saturated rings. The molecule has 0 aromatic carbocycles. The summed E-state index contributed by atoms with van der Waals surface area (Å²) in [6, 6.07) is 0. The van der Waals surface area contributed by atoms with E-state index in [1.165, 1.54) is 6.92 Å². The second kappa shape index (κ2) is 5.98. The van der Waals surface area contributed by atoms with Crippen molar-refractivity contribution in [2.24, 2.45) is 22.7 Å². The van der Waals surface area contributed by atoms with Gasteiger partial charge in [0.2, 0.25) is 0 Å². The number of hydrogen-bond acceptors (Lipinski definition) is 3. The van der Waals surface area contributed by atoms with Crippen molar-refractivity contribution < 1.29 is 40.6 Å². The highest BCUT2D eigenvalue weighted by molar-refractivity contribution is 5.21. The lowest BCUT2D eigenvalue weighted by Gasteiger charge is -2.66. The van der Waals surface area contributed by atoms with Crippen molar-refractivity contribution in [1.82, 2.24) is 0 Å². The summed E-state index contributed by atoms with van der Waals surface area (Å²) in [6.45, 7) is 0.875. The van der Waals surface area contributed by atoms with Crippen LogP contribution in [0.15, 0.2) is 0 Å². The summed E-state index contributed by atoms with van der Waals surface area (Å²) in [7, 11) is 0. The van der Waals surface area contributed by atoms with E-state index < -0.39 is 35.6 Å². The fraction of sp³-hybridized carbons (Fsp3) is 1.00. The molecule has 0 aromatic rings. The van der Waals surface area contributed by atoms with Crippen molar-refractivity contribution in [3.63, 3.8) is 0 Å². The maximum absolute atomic E-state index is 14.2. The van der Waals surface area contributed by atoms with E-state index in [-0.39, 0.29) is 43.8 Å². The van der Waals surface area contributed by atoms with E-state index in [9.17, 15) is 26.3 Å². The summed E-state index contributed by atoms with van der Waals surface area (Å²) in [5.74, 6) is -0.287. The van der Waals surface area contributed by atoms with Gasteiger partial charge in [0.25, 0.3) is 5.60 Å². The average Bonchev–Trinajstić information content (AvgIpc) is 3.32. The third kappa shape index (κ3) is 2.74. The minimum absolute atomic E-state index is 0.0239. The SMILES string of the molecule is CCOCOC(C(F)(F)F)(C(F)(F)F)C12CC3CC(CC(C4CO4)(C3)C1)C2. The van der Waals surface area contributed by atoms with Gasteiger partial charge in [-0.25, -0.2) is 0 Å². The molecule has 0 amide bonds. The van der Waals surface area contributed by atoms with Crippen molar-refractivity contribution in [3.05, 3.63) is 0 Å². The van der Waals surface area contributed by atoms with Crippen molar-refractivity contribution in [2.75, 3.05) is 20.0 Å². The van der Waals surface area contributed by atoms with Gasteiger partial charge in [-0.1, -0.05) is 0 Å². The summed E-state index contributed by atoms with van der Waals surface area (Å²) in [4.78, 5) is 0. The highest BCUT2D eigenvalue weighted by Gasteiger charge is 2.84. The van der Waals surface area contributed by atoms with E-state index in [4.69, 9.17) is 14.2 Å². The lowest BCUT2D eigenvalue weighted by Crippen LogP contribution is -2.73. The van der Waals surface area contributed by atoms with Gasteiger partial charge in [-0.15, -0.1) is 0 Å². The molecule has 4 aliphatic carbocycles. The Morgan fingerprint density at radius 3 is 1.96 bits per heavy atom. The van der Waals surface area contributed by atoms with Crippen LogP contribution in [-0.4, -0.2) is 44.1 Å². The molecule has 1 aliphatic heterocycles. The first kappa shape index (κ1) is 19.8. The molecule has 0 radical (unpaired) electrons. The van der Waals surface area contributed by atoms with Gasteiger partial charge in [0.05, 0.1) is 12.7 Å². The Bertz CT molecular complexity index is 555. The summed E-state index contributed by atoms with van der Waals surface area (Å²) < 4.78 is 100. The Labute approximate surface area is 153 Å². The standard InChI is InChI=1S/C18H24F6O3/c1-2-25-10-27-16(17(19,20)21,18(22,23)24)15-6-11-3-12(7-15)5-14(4-11,9-15)13-8-26-13/h11-13H,2-10H2,1H3. The zero-order chi connectivity index (χ0) is 19.7. The molecule has 4 saturated carbocycles. The number of epoxide rings is 1. The smallest absolute Gasteiger partial charge is 0.373 e. The maximum Gasteiger partial charge on any atom is 0.427 e. The summed E-state index contributed by atoms with van der Waals surface area (Å²) in [5, 5.41) is 0. The molecule has 9 heteroatoms. The molecule has 156 valence electrons. The highest BCUT2D eigenvalue weighted by Crippen LogP contribution is 2.74. The molecular weight excluding hydrogens is 378 g/mol. The number of alkyl halides is 6. The van der Waals surface area contributed by atoms with E-state index in [2.05, 4.69) is 0 Å². The zero-order valence-electron chi connectivity index (χ0n) is 15.1. The van der Waals surface area contributed by atoms with Crippen LogP contribution in [0.3, 0.4) is 0 Å². The zero-order valence-corrected chi connectivity index (χ0v) is 15.1. The number of halogens is 6. The van der Waals surface area contributed by atoms with Crippen LogP contribution < -0.4 is 0 Å². The van der Waals surface area contributed by atoms with Gasteiger partial charge in [0.1, 0.15) is 6.79 Å². The van der Waals surface area contributed by atoms with Gasteiger partial charge in [-0.2, -0.15) is 26.3 Å². The molecule has 0 N–H and O–H groups in total. The molecule has 0 aromatic heterocycles. The van der Waals surface area contributed by atoms with Gasteiger partial charge in [0.15, 0.2) is 0 Å². The third-order valence-electron chi connectivity index (χ3n) is 7.23. The molecule has 0 spiro atoms. The number of ether oxygens (including phenoxy) is 3. The van der Waals surface area contributed by atoms with E-state index in [1.807, 2.05) is 0 Å². The van der Waals surface area contributed by atoms with Gasteiger partial charge in [-0.3, -0.25) is 0 Å². The highest BCUT2D eigenvalue weighted by atomic mass is 19.4. The lowest BCUT2D eigenvalue weighted by molar-refractivity contribution is -0.442. The van der Waals surface area contributed by atoms with Gasteiger partial charge in [-0.05, 0) is 57.3 Å². The molecule has 3 atom stereocenters. The molecule has 5 aliphatic rings. The average molecular weight is 402 g/mol. The second-order valence-electron chi connectivity index (χ2n) is 8.86. The van der Waals surface area contributed by atoms with Crippen LogP contribution in [0.1, 0.15) is 45.4 Å². The second-order valence-corrected chi connectivity index (χ2v) is 8.86. The summed E-state index contributed by atoms with van der Waals surface area (Å²) >= 11 is 0. The Kier molecular flexibility index (Phi) is 4.38. The summed E-state index contributed by atoms with van der Waals surface area (Å²) in [6.07, 6.45) is -9.73. The van der Waals surface area contributed by atoms with Crippen LogP contribution in [0.2, 0.25) is 0 Å². The predicted octanol–water partition coefficient (Wildman–Crippen LogP) is 4.85. The van der Waals surface area contributed by atoms with Gasteiger partial charge >= 0.3 is 12.4 Å². The van der Waals surface area contributed by atoms with Gasteiger partial charge < -0.3 is 14.2 Å². The molecule has 5 rings (SSSR count). The lowest BCUT2D eigenvalue weighted by atomic mass is 9.40. The van der Waals surface area contributed by atoms with Crippen molar-refractivity contribution in [2.45, 2.75) is 69.5 Å². The van der Waals surface area contributed by atoms with E-state index >= 15 is 0 Å². The van der Waals surface area contributed by atoms with E-state index in [0.29, 0.717) is 25.9 Å². The van der Waals surface area contributed by atoms with E-state index in [1.54, 1.807) is 0 Å². The van der Waals surface area contributed by atoms with Gasteiger partial charge in [0, 0.05) is 17.4 Å². The molecule has 3 nitrogen and oxygen atoms in total. The molecule has 1 heterocycles. The maximum atomic E-state index is 14.2. The quantitative estimate of drug-likeness (QED) is 0.276. The Hall–Kier alpha value is -0.540. The Morgan fingerprint density at radius 1 is 0.963 bits per heavy atom. The van der Waals surface area contributed by atoms with Crippen molar-refractivity contribution in [1.29, 1.82) is 0 Å². The minimum Gasteiger partial charge on any atom is -0.373 e. The number of hydrogen-bond donors (Lipinski definition) is 0. The van der Waals surface area contributed by atoms with Crippen molar-refractivity contribution >= 4 is 0 Å². The van der Waals surface area contributed by atoms with Crippen LogP contribution in [0.5, 0.6) is 0 Å².